The van der Waals surface area contributed by atoms with E-state index in [0.29, 0.717) is 18.5 Å². The second-order valence-corrected chi connectivity index (χ2v) is 5.16. The number of nitrogens with one attached hydrogen (secondary N) is 1. The van der Waals surface area contributed by atoms with Crippen molar-refractivity contribution in [1.82, 2.24) is 4.72 Å². The van der Waals surface area contributed by atoms with Crippen LogP contribution in [0.5, 0.6) is 0 Å². The zero-order chi connectivity index (χ0) is 12.2. The van der Waals surface area contributed by atoms with Gasteiger partial charge in [0, 0.05) is 6.54 Å². The van der Waals surface area contributed by atoms with Gasteiger partial charge in [-0.2, -0.15) is 0 Å². The van der Waals surface area contributed by atoms with Crippen molar-refractivity contribution < 1.29 is 12.8 Å². The van der Waals surface area contributed by atoms with Crippen molar-refractivity contribution in [3.05, 3.63) is 29.6 Å². The Labute approximate surface area is 94.7 Å². The zero-order valence-corrected chi connectivity index (χ0v) is 9.85. The van der Waals surface area contributed by atoms with Gasteiger partial charge < -0.3 is 5.73 Å². The van der Waals surface area contributed by atoms with Crippen LogP contribution in [-0.4, -0.2) is 21.5 Å². The summed E-state index contributed by atoms with van der Waals surface area (Å²) in [5.41, 5.74) is 5.55. The lowest BCUT2D eigenvalue weighted by molar-refractivity contribution is 0.552. The van der Waals surface area contributed by atoms with E-state index in [-0.39, 0.29) is 11.4 Å². The van der Waals surface area contributed by atoms with Crippen LogP contribution in [-0.2, 0) is 10.0 Å². The summed E-state index contributed by atoms with van der Waals surface area (Å²) in [4.78, 5) is -0.315. The lowest BCUT2D eigenvalue weighted by atomic mass is 10.2. The van der Waals surface area contributed by atoms with Gasteiger partial charge in [-0.1, -0.05) is 12.1 Å². The Morgan fingerprint density at radius 3 is 2.75 bits per heavy atom. The van der Waals surface area contributed by atoms with E-state index in [1.807, 2.05) is 0 Å². The van der Waals surface area contributed by atoms with Crippen molar-refractivity contribution in [2.45, 2.75) is 18.2 Å². The van der Waals surface area contributed by atoms with Crippen LogP contribution in [0.2, 0.25) is 0 Å². The molecule has 0 spiro atoms. The number of rotatable bonds is 5. The number of sulfonamides is 1. The van der Waals surface area contributed by atoms with Gasteiger partial charge in [-0.25, -0.2) is 17.5 Å². The number of benzene rings is 1. The van der Waals surface area contributed by atoms with Gasteiger partial charge in [-0.3, -0.25) is 0 Å². The van der Waals surface area contributed by atoms with Crippen molar-refractivity contribution in [2.75, 3.05) is 13.1 Å². The molecule has 1 aromatic carbocycles. The molecule has 90 valence electrons. The standard InChI is InChI=1S/C10H15FN2O2S/c1-8-4-2-5-9(10(8)11)16(14,15)13-7-3-6-12/h2,4-5,13H,3,6-7,12H2,1H3. The summed E-state index contributed by atoms with van der Waals surface area (Å²) >= 11 is 0. The molecule has 1 rings (SSSR count). The summed E-state index contributed by atoms with van der Waals surface area (Å²) in [7, 11) is -3.77. The van der Waals surface area contributed by atoms with Crippen molar-refractivity contribution in [3.8, 4) is 0 Å². The van der Waals surface area contributed by atoms with Crippen molar-refractivity contribution in [2.24, 2.45) is 5.73 Å². The first-order valence-electron chi connectivity index (χ1n) is 4.94. The molecule has 4 nitrogen and oxygen atoms in total. The average molecular weight is 246 g/mol. The van der Waals surface area contributed by atoms with Gasteiger partial charge in [0.2, 0.25) is 10.0 Å². The summed E-state index contributed by atoms with van der Waals surface area (Å²) in [6.45, 7) is 2.12. The van der Waals surface area contributed by atoms with Crippen LogP contribution in [0.25, 0.3) is 0 Å². The molecule has 0 aliphatic carbocycles. The molecule has 0 saturated heterocycles. The summed E-state index contributed by atoms with van der Waals surface area (Å²) in [5, 5.41) is 0. The van der Waals surface area contributed by atoms with Crippen molar-refractivity contribution in [1.29, 1.82) is 0 Å². The van der Waals surface area contributed by atoms with E-state index < -0.39 is 15.8 Å². The van der Waals surface area contributed by atoms with Crippen LogP contribution in [0, 0.1) is 12.7 Å². The molecule has 0 saturated carbocycles. The minimum absolute atomic E-state index is 0.214. The Morgan fingerprint density at radius 1 is 1.44 bits per heavy atom. The maximum atomic E-state index is 13.6. The third kappa shape index (κ3) is 3.01. The molecule has 0 bridgehead atoms. The maximum Gasteiger partial charge on any atom is 0.243 e. The van der Waals surface area contributed by atoms with E-state index in [1.54, 1.807) is 0 Å². The molecular weight excluding hydrogens is 231 g/mol. The summed E-state index contributed by atoms with van der Waals surface area (Å²) in [6.07, 6.45) is 0.521. The number of halogens is 1. The van der Waals surface area contributed by atoms with Crippen LogP contribution < -0.4 is 10.5 Å². The smallest absolute Gasteiger partial charge is 0.243 e. The minimum atomic E-state index is -3.77. The summed E-state index contributed by atoms with van der Waals surface area (Å²) in [6, 6.07) is 4.28. The summed E-state index contributed by atoms with van der Waals surface area (Å²) in [5.74, 6) is -0.706. The monoisotopic (exact) mass is 246 g/mol. The van der Waals surface area contributed by atoms with Crippen molar-refractivity contribution in [3.63, 3.8) is 0 Å². The van der Waals surface area contributed by atoms with Gasteiger partial charge in [0.15, 0.2) is 0 Å². The molecule has 0 radical (unpaired) electrons. The lowest BCUT2D eigenvalue weighted by Gasteiger charge is -2.08. The Balaban J connectivity index is 2.94. The quantitative estimate of drug-likeness (QED) is 0.753. The van der Waals surface area contributed by atoms with Crippen LogP contribution in [0.3, 0.4) is 0 Å². The Bertz CT molecular complexity index is 460. The molecule has 0 atom stereocenters. The van der Waals surface area contributed by atoms with E-state index in [9.17, 15) is 12.8 Å². The Kier molecular flexibility index (Phi) is 4.40. The van der Waals surface area contributed by atoms with Crippen LogP contribution in [0.1, 0.15) is 12.0 Å². The fourth-order valence-corrected chi connectivity index (χ4v) is 2.44. The van der Waals surface area contributed by atoms with E-state index in [0.717, 1.165) is 0 Å². The Hall–Kier alpha value is -0.980. The second kappa shape index (κ2) is 5.38. The van der Waals surface area contributed by atoms with Crippen LogP contribution in [0.4, 0.5) is 4.39 Å². The first-order valence-corrected chi connectivity index (χ1v) is 6.42. The predicted octanol–water partition coefficient (Wildman–Crippen LogP) is 0.761. The highest BCUT2D eigenvalue weighted by Crippen LogP contribution is 2.16. The number of hydrogen-bond acceptors (Lipinski definition) is 3. The van der Waals surface area contributed by atoms with Crippen LogP contribution >= 0.6 is 0 Å². The number of aryl methyl sites for hydroxylation is 1. The molecule has 0 amide bonds. The third-order valence-corrected chi connectivity index (χ3v) is 3.60. The van der Waals surface area contributed by atoms with Gasteiger partial charge in [0.1, 0.15) is 10.7 Å². The molecule has 0 aliphatic heterocycles. The first-order chi connectivity index (χ1) is 7.49. The fourth-order valence-electron chi connectivity index (χ4n) is 1.21. The lowest BCUT2D eigenvalue weighted by Crippen LogP contribution is -2.27. The fraction of sp³-hybridized carbons (Fsp3) is 0.400. The molecule has 16 heavy (non-hydrogen) atoms. The predicted molar refractivity (Wildman–Crippen MR) is 60.0 cm³/mol. The number of hydrogen-bond donors (Lipinski definition) is 2. The number of nitrogens with two attached hydrogens (primary N) is 1. The van der Waals surface area contributed by atoms with Gasteiger partial charge >= 0.3 is 0 Å². The van der Waals surface area contributed by atoms with E-state index in [4.69, 9.17) is 5.73 Å². The summed E-state index contributed by atoms with van der Waals surface area (Å²) < 4.78 is 39.2. The van der Waals surface area contributed by atoms with Gasteiger partial charge in [-0.15, -0.1) is 0 Å². The second-order valence-electron chi connectivity index (χ2n) is 3.43. The van der Waals surface area contributed by atoms with Gasteiger partial charge in [0.25, 0.3) is 0 Å². The molecule has 6 heteroatoms. The third-order valence-electron chi connectivity index (χ3n) is 2.12. The molecule has 0 aromatic heterocycles. The van der Waals surface area contributed by atoms with Gasteiger partial charge in [-0.05, 0) is 31.5 Å². The minimum Gasteiger partial charge on any atom is -0.330 e. The highest BCUT2D eigenvalue weighted by molar-refractivity contribution is 7.89. The maximum absolute atomic E-state index is 13.6. The van der Waals surface area contributed by atoms with E-state index in [2.05, 4.69) is 4.72 Å². The van der Waals surface area contributed by atoms with Crippen molar-refractivity contribution >= 4 is 10.0 Å². The topological polar surface area (TPSA) is 72.2 Å². The molecule has 0 heterocycles. The zero-order valence-electron chi connectivity index (χ0n) is 9.03. The normalized spacial score (nSPS) is 11.7. The first kappa shape index (κ1) is 13.1. The Morgan fingerprint density at radius 2 is 2.12 bits per heavy atom. The average Bonchev–Trinajstić information content (AvgIpc) is 2.22. The molecule has 0 aliphatic rings. The van der Waals surface area contributed by atoms with Crippen LogP contribution in [0.15, 0.2) is 23.1 Å². The highest BCUT2D eigenvalue weighted by Gasteiger charge is 2.18. The van der Waals surface area contributed by atoms with Gasteiger partial charge in [0.05, 0.1) is 0 Å². The molecule has 0 unspecified atom stereocenters. The molecule has 0 fully saturated rings. The molecular formula is C10H15FN2O2S. The SMILES string of the molecule is Cc1cccc(S(=O)(=O)NCCCN)c1F. The van der Waals surface area contributed by atoms with E-state index in [1.165, 1.54) is 25.1 Å². The molecule has 3 N–H and O–H groups in total. The van der Waals surface area contributed by atoms with E-state index >= 15 is 0 Å². The largest absolute Gasteiger partial charge is 0.330 e. The molecule has 1 aromatic rings. The highest BCUT2D eigenvalue weighted by atomic mass is 32.2.